The molecule has 0 aliphatic heterocycles. The van der Waals surface area contributed by atoms with Crippen LogP contribution in [-0.4, -0.2) is 17.8 Å². The van der Waals surface area contributed by atoms with Gasteiger partial charge in [-0.2, -0.15) is 0 Å². The van der Waals surface area contributed by atoms with Gasteiger partial charge >= 0.3 is 0 Å². The van der Waals surface area contributed by atoms with Gasteiger partial charge in [0.2, 0.25) is 0 Å². The fourth-order valence-corrected chi connectivity index (χ4v) is 0.614. The molecule has 0 spiro atoms. The van der Waals surface area contributed by atoms with Gasteiger partial charge in [0.1, 0.15) is 12.1 Å². The van der Waals surface area contributed by atoms with Crippen LogP contribution in [0.2, 0.25) is 0 Å². The fraction of sp³-hybridized carbons (Fsp3) is 0.143. The summed E-state index contributed by atoms with van der Waals surface area (Å²) < 4.78 is 0. The molecule has 1 rings (SSSR count). The van der Waals surface area contributed by atoms with Crippen molar-refractivity contribution in [2.75, 3.05) is 11.9 Å². The van der Waals surface area contributed by atoms with Crippen LogP contribution in [0.25, 0.3) is 0 Å². The lowest BCUT2D eigenvalue weighted by atomic mass is 10.4. The summed E-state index contributed by atoms with van der Waals surface area (Å²) in [5.41, 5.74) is 0. The number of hydrogen-bond donors (Lipinski definition) is 1. The van der Waals surface area contributed by atoms with Gasteiger partial charge < -0.3 is 10.1 Å². The second-order valence-electron chi connectivity index (χ2n) is 1.76. The normalized spacial score (nSPS) is 8.80. The number of carbonyl (C=O) groups excluding carboxylic acids is 1. The van der Waals surface area contributed by atoms with Crippen LogP contribution in [0.15, 0.2) is 24.4 Å². The van der Waals surface area contributed by atoms with Gasteiger partial charge in [-0.3, -0.25) is 0 Å². The molecule has 0 radical (unpaired) electrons. The van der Waals surface area contributed by atoms with Crippen molar-refractivity contribution in [1.82, 2.24) is 4.98 Å². The molecule has 0 aliphatic carbocycles. The second kappa shape index (κ2) is 3.61. The van der Waals surface area contributed by atoms with Crippen molar-refractivity contribution >= 4 is 12.1 Å². The highest BCUT2D eigenvalue weighted by atomic mass is 16.1. The van der Waals surface area contributed by atoms with Crippen LogP contribution in [0.5, 0.6) is 0 Å². The first-order valence-electron chi connectivity index (χ1n) is 3.02. The minimum atomic E-state index is 0.316. The summed E-state index contributed by atoms with van der Waals surface area (Å²) in [4.78, 5) is 13.8. The maximum absolute atomic E-state index is 9.89. The van der Waals surface area contributed by atoms with Gasteiger partial charge in [-0.1, -0.05) is 6.07 Å². The molecule has 1 N–H and O–H groups in total. The van der Waals surface area contributed by atoms with E-state index in [1.165, 1.54) is 0 Å². The van der Waals surface area contributed by atoms with Crippen LogP contribution >= 0.6 is 0 Å². The number of carbonyl (C=O) groups is 1. The van der Waals surface area contributed by atoms with Gasteiger partial charge in [-0.25, -0.2) is 4.98 Å². The van der Waals surface area contributed by atoms with Crippen LogP contribution in [-0.2, 0) is 4.79 Å². The lowest BCUT2D eigenvalue weighted by Gasteiger charge is -1.97. The van der Waals surface area contributed by atoms with Crippen molar-refractivity contribution in [1.29, 1.82) is 0 Å². The number of anilines is 1. The summed E-state index contributed by atoms with van der Waals surface area (Å²) in [5.74, 6) is 0.731. The van der Waals surface area contributed by atoms with Crippen LogP contribution in [0, 0.1) is 0 Å². The van der Waals surface area contributed by atoms with Gasteiger partial charge in [0, 0.05) is 6.20 Å². The molecule has 0 fully saturated rings. The Hall–Kier alpha value is -1.38. The van der Waals surface area contributed by atoms with Gasteiger partial charge in [-0.05, 0) is 12.1 Å². The van der Waals surface area contributed by atoms with E-state index in [1.807, 2.05) is 18.2 Å². The number of aldehydes is 1. The van der Waals surface area contributed by atoms with Crippen molar-refractivity contribution in [2.45, 2.75) is 0 Å². The molecule has 3 heteroatoms. The lowest BCUT2D eigenvalue weighted by Crippen LogP contribution is -2.02. The average Bonchev–Trinajstić information content (AvgIpc) is 2.03. The Balaban J connectivity index is 2.50. The molecule has 0 bridgehead atoms. The summed E-state index contributed by atoms with van der Waals surface area (Å²) in [7, 11) is 0. The topological polar surface area (TPSA) is 42.0 Å². The predicted octanol–water partition coefficient (Wildman–Crippen LogP) is 0.692. The zero-order valence-corrected chi connectivity index (χ0v) is 5.45. The summed E-state index contributed by atoms with van der Waals surface area (Å²) in [6.45, 7) is 0.316. The van der Waals surface area contributed by atoms with E-state index in [0.29, 0.717) is 6.54 Å². The van der Waals surface area contributed by atoms with Crippen LogP contribution in [0.1, 0.15) is 0 Å². The molecule has 1 aromatic heterocycles. The molecule has 10 heavy (non-hydrogen) atoms. The largest absolute Gasteiger partial charge is 0.363 e. The molecule has 0 unspecified atom stereocenters. The molecule has 0 amide bonds. The molecule has 0 aromatic carbocycles. The molecular weight excluding hydrogens is 128 g/mol. The minimum absolute atomic E-state index is 0.316. The van der Waals surface area contributed by atoms with Crippen LogP contribution in [0.3, 0.4) is 0 Å². The zero-order chi connectivity index (χ0) is 7.23. The third-order valence-corrected chi connectivity index (χ3v) is 1.03. The number of rotatable bonds is 3. The standard InChI is InChI=1S/C7H8N2O/c10-6-5-9-7-3-1-2-4-8-7/h1-4,6H,5H2,(H,8,9). The quantitative estimate of drug-likeness (QED) is 0.622. The molecule has 52 valence electrons. The van der Waals surface area contributed by atoms with Crippen molar-refractivity contribution in [3.8, 4) is 0 Å². The maximum Gasteiger partial charge on any atom is 0.139 e. The molecule has 3 nitrogen and oxygen atoms in total. The lowest BCUT2D eigenvalue weighted by molar-refractivity contribution is -0.106. The highest BCUT2D eigenvalue weighted by Gasteiger charge is 1.85. The Bertz CT molecular complexity index is 198. The Morgan fingerprint density at radius 3 is 3.10 bits per heavy atom. The second-order valence-corrected chi connectivity index (χ2v) is 1.76. The third-order valence-electron chi connectivity index (χ3n) is 1.03. The summed E-state index contributed by atoms with van der Waals surface area (Å²) in [6.07, 6.45) is 2.47. The van der Waals surface area contributed by atoms with E-state index in [-0.39, 0.29) is 0 Å². The van der Waals surface area contributed by atoms with E-state index < -0.39 is 0 Å². The molecule has 1 aromatic rings. The zero-order valence-electron chi connectivity index (χ0n) is 5.45. The predicted molar refractivity (Wildman–Crippen MR) is 38.8 cm³/mol. The SMILES string of the molecule is O=CCNc1ccccn1. The third kappa shape index (κ3) is 1.85. The number of nitrogens with zero attached hydrogens (tertiary/aromatic N) is 1. The van der Waals surface area contributed by atoms with E-state index in [2.05, 4.69) is 10.3 Å². The Kier molecular flexibility index (Phi) is 2.43. The first-order valence-corrected chi connectivity index (χ1v) is 3.02. The number of pyridine rings is 1. The summed E-state index contributed by atoms with van der Waals surface area (Å²) >= 11 is 0. The van der Waals surface area contributed by atoms with Gasteiger partial charge in [0.05, 0.1) is 6.54 Å². The van der Waals surface area contributed by atoms with Crippen molar-refractivity contribution in [3.05, 3.63) is 24.4 Å². The molecule has 0 aliphatic rings. The molecular formula is C7H8N2O. The summed E-state index contributed by atoms with van der Waals surface area (Å²) in [5, 5.41) is 2.82. The summed E-state index contributed by atoms with van der Waals surface area (Å²) in [6, 6.07) is 5.50. The van der Waals surface area contributed by atoms with E-state index in [0.717, 1.165) is 12.1 Å². The smallest absolute Gasteiger partial charge is 0.139 e. The van der Waals surface area contributed by atoms with Gasteiger partial charge in [0.25, 0.3) is 0 Å². The number of aromatic nitrogens is 1. The monoisotopic (exact) mass is 136 g/mol. The maximum atomic E-state index is 9.89. The van der Waals surface area contributed by atoms with E-state index in [1.54, 1.807) is 6.20 Å². The average molecular weight is 136 g/mol. The molecule has 1 heterocycles. The van der Waals surface area contributed by atoms with Crippen molar-refractivity contribution < 1.29 is 4.79 Å². The first-order chi connectivity index (χ1) is 4.93. The van der Waals surface area contributed by atoms with Gasteiger partial charge in [-0.15, -0.1) is 0 Å². The van der Waals surface area contributed by atoms with Crippen LogP contribution in [0.4, 0.5) is 5.82 Å². The van der Waals surface area contributed by atoms with Gasteiger partial charge in [0.15, 0.2) is 0 Å². The van der Waals surface area contributed by atoms with Crippen LogP contribution < -0.4 is 5.32 Å². The van der Waals surface area contributed by atoms with Crippen molar-refractivity contribution in [3.63, 3.8) is 0 Å². The number of nitrogens with one attached hydrogen (secondary N) is 1. The number of hydrogen-bond acceptors (Lipinski definition) is 3. The molecule has 0 saturated carbocycles. The fourth-order valence-electron chi connectivity index (χ4n) is 0.614. The Morgan fingerprint density at radius 2 is 2.50 bits per heavy atom. The van der Waals surface area contributed by atoms with E-state index in [9.17, 15) is 4.79 Å². The van der Waals surface area contributed by atoms with E-state index in [4.69, 9.17) is 0 Å². The highest BCUT2D eigenvalue weighted by molar-refractivity contribution is 5.57. The van der Waals surface area contributed by atoms with E-state index >= 15 is 0 Å². The highest BCUT2D eigenvalue weighted by Crippen LogP contribution is 1.96. The Morgan fingerprint density at radius 1 is 1.60 bits per heavy atom. The molecule has 0 atom stereocenters. The minimum Gasteiger partial charge on any atom is -0.363 e. The first kappa shape index (κ1) is 6.74. The van der Waals surface area contributed by atoms with Crippen molar-refractivity contribution in [2.24, 2.45) is 0 Å². The molecule has 0 saturated heterocycles. The Labute approximate surface area is 59.1 Å².